The second-order valence-electron chi connectivity index (χ2n) is 7.60. The number of fused-ring (bicyclic) bond motifs is 1. The number of aliphatic hydroxyl groups is 1. The van der Waals surface area contributed by atoms with E-state index in [2.05, 4.69) is 10.4 Å². The van der Waals surface area contributed by atoms with Crippen LogP contribution in [0.15, 0.2) is 83.7 Å². The predicted octanol–water partition coefficient (Wildman–Crippen LogP) is 6.60. The van der Waals surface area contributed by atoms with Gasteiger partial charge in [-0.05, 0) is 48.0 Å². The van der Waals surface area contributed by atoms with Crippen molar-refractivity contribution < 1.29 is 5.11 Å². The maximum Gasteiger partial charge on any atom is 0.203 e. The highest BCUT2D eigenvalue weighted by Crippen LogP contribution is 2.27. The van der Waals surface area contributed by atoms with E-state index in [1.54, 1.807) is 51.7 Å². The third kappa shape index (κ3) is 5.18. The number of allylic oxidation sites excluding steroid dienone is 1. The molecule has 1 unspecified atom stereocenters. The highest BCUT2D eigenvalue weighted by molar-refractivity contribution is 6.42. The Kier molecular flexibility index (Phi) is 7.38. The van der Waals surface area contributed by atoms with Crippen molar-refractivity contribution in [1.82, 2.24) is 9.13 Å². The van der Waals surface area contributed by atoms with Crippen LogP contribution < -0.4 is 10.9 Å². The van der Waals surface area contributed by atoms with Gasteiger partial charge in [-0.15, -0.1) is 0 Å². The fraction of sp³-hybridized carbons (Fsp3) is 0.125. The van der Waals surface area contributed by atoms with Gasteiger partial charge in [0.05, 0.1) is 46.0 Å². The summed E-state index contributed by atoms with van der Waals surface area (Å²) in [6.45, 7) is 0.274. The Bertz CT molecular complexity index is 1430. The average molecular weight is 516 g/mol. The van der Waals surface area contributed by atoms with Gasteiger partial charge in [0.1, 0.15) is 0 Å². The quantitative estimate of drug-likeness (QED) is 0.199. The molecule has 1 heterocycles. The molecular formula is C24H21Cl3N6O. The van der Waals surface area contributed by atoms with Crippen molar-refractivity contribution in [3.63, 3.8) is 0 Å². The smallest absolute Gasteiger partial charge is 0.203 e. The van der Waals surface area contributed by atoms with E-state index < -0.39 is 6.10 Å². The molecule has 1 aromatic heterocycles. The van der Waals surface area contributed by atoms with Gasteiger partial charge in [0.2, 0.25) is 5.62 Å². The van der Waals surface area contributed by atoms with Gasteiger partial charge in [0.15, 0.2) is 0 Å². The molecule has 0 fully saturated rings. The lowest BCUT2D eigenvalue weighted by molar-refractivity contribution is 0.155. The molecule has 1 atom stereocenters. The summed E-state index contributed by atoms with van der Waals surface area (Å²) in [6.07, 6.45) is 0.710. The van der Waals surface area contributed by atoms with E-state index in [-0.39, 0.29) is 18.7 Å². The van der Waals surface area contributed by atoms with Gasteiger partial charge in [-0.25, -0.2) is 5.53 Å². The lowest BCUT2D eigenvalue weighted by Gasteiger charge is -2.13. The van der Waals surface area contributed by atoms with Gasteiger partial charge < -0.3 is 19.6 Å². The van der Waals surface area contributed by atoms with Crippen LogP contribution in [0.25, 0.3) is 11.0 Å². The Hall–Kier alpha value is -3.10. The maximum atomic E-state index is 10.9. The summed E-state index contributed by atoms with van der Waals surface area (Å²) < 4.78 is 3.38. The summed E-state index contributed by atoms with van der Waals surface area (Å²) >= 11 is 18.4. The first-order valence-corrected chi connectivity index (χ1v) is 11.4. The molecular weight excluding hydrogens is 495 g/mol. The second kappa shape index (κ2) is 10.4. The van der Waals surface area contributed by atoms with Crippen LogP contribution in [0.1, 0.15) is 11.7 Å². The van der Waals surface area contributed by atoms with Crippen LogP contribution in [0.2, 0.25) is 15.1 Å². The largest absolute Gasteiger partial charge is 0.387 e. The zero-order valence-electron chi connectivity index (χ0n) is 17.8. The topological polar surface area (TPSA) is 102 Å². The number of aromatic nitrogens is 2. The molecule has 4 N–H and O–H groups in total. The summed E-state index contributed by atoms with van der Waals surface area (Å²) in [7, 11) is 0. The van der Waals surface area contributed by atoms with E-state index in [9.17, 15) is 5.11 Å². The average Bonchev–Trinajstić information content (AvgIpc) is 3.08. The molecule has 0 amide bonds. The van der Waals surface area contributed by atoms with Crippen molar-refractivity contribution in [2.24, 2.45) is 5.11 Å². The summed E-state index contributed by atoms with van der Waals surface area (Å²) in [5.41, 5.74) is 11.0. The fourth-order valence-electron chi connectivity index (χ4n) is 3.63. The molecule has 174 valence electrons. The highest BCUT2D eigenvalue weighted by Gasteiger charge is 2.17. The van der Waals surface area contributed by atoms with Crippen molar-refractivity contribution in [3.05, 3.63) is 105 Å². The number of para-hydroxylation sites is 1. The van der Waals surface area contributed by atoms with E-state index in [1.807, 2.05) is 30.3 Å². The van der Waals surface area contributed by atoms with E-state index in [4.69, 9.17) is 45.7 Å². The number of hydrogen-bond acceptors (Lipinski definition) is 5. The third-order valence-corrected chi connectivity index (χ3v) is 6.33. The number of nitrogens with zero attached hydrogens (tertiary/aromatic N) is 3. The van der Waals surface area contributed by atoms with Crippen LogP contribution in [-0.4, -0.2) is 14.2 Å². The van der Waals surface area contributed by atoms with Gasteiger partial charge >= 0.3 is 0 Å². The zero-order chi connectivity index (χ0) is 24.2. The van der Waals surface area contributed by atoms with Gasteiger partial charge in [-0.3, -0.25) is 5.41 Å². The fourth-order valence-corrected chi connectivity index (χ4v) is 4.11. The Balaban J connectivity index is 1.69. The number of benzene rings is 3. The van der Waals surface area contributed by atoms with Crippen molar-refractivity contribution in [3.8, 4) is 0 Å². The van der Waals surface area contributed by atoms with Crippen molar-refractivity contribution >= 4 is 51.5 Å². The highest BCUT2D eigenvalue weighted by atomic mass is 35.5. The third-order valence-electron chi connectivity index (χ3n) is 5.36. The normalized spacial score (nSPS) is 12.6. The first kappa shape index (κ1) is 24.0. The molecule has 4 rings (SSSR count). The first-order valence-electron chi connectivity index (χ1n) is 10.3. The summed E-state index contributed by atoms with van der Waals surface area (Å²) in [4.78, 5) is 0. The number of imidazole rings is 1. The molecule has 10 heteroatoms. The molecule has 0 aliphatic rings. The predicted molar refractivity (Wildman–Crippen MR) is 136 cm³/mol. The first-order chi connectivity index (χ1) is 16.4. The Morgan fingerprint density at radius 2 is 1.74 bits per heavy atom. The molecule has 0 aliphatic carbocycles. The minimum absolute atomic E-state index is 0.112. The van der Waals surface area contributed by atoms with E-state index in [0.717, 1.165) is 5.69 Å². The molecule has 0 saturated carbocycles. The zero-order valence-corrected chi connectivity index (χ0v) is 20.1. The number of halogens is 3. The van der Waals surface area contributed by atoms with Crippen LogP contribution in [0, 0.1) is 10.9 Å². The van der Waals surface area contributed by atoms with Crippen LogP contribution in [-0.2, 0) is 13.1 Å². The molecule has 0 spiro atoms. The van der Waals surface area contributed by atoms with Crippen molar-refractivity contribution in [2.75, 3.05) is 5.32 Å². The molecule has 0 bridgehead atoms. The maximum absolute atomic E-state index is 10.9. The Morgan fingerprint density at radius 3 is 2.44 bits per heavy atom. The van der Waals surface area contributed by atoms with Gasteiger partial charge in [0.25, 0.3) is 0 Å². The second-order valence-corrected chi connectivity index (χ2v) is 8.85. The lowest BCUT2D eigenvalue weighted by Crippen LogP contribution is -2.27. The SMILES string of the molecule is N=N/C(=C\Nc1ccccc1)Cn1c(=N)n(CC(O)c2ccc(Cl)c(Cl)c2)c2ccc(Cl)cc21. The number of anilines is 1. The number of rotatable bonds is 8. The van der Waals surface area contributed by atoms with Crippen LogP contribution >= 0.6 is 34.8 Å². The summed E-state index contributed by atoms with van der Waals surface area (Å²) in [6, 6.07) is 19.8. The number of hydrogen-bond donors (Lipinski definition) is 4. The van der Waals surface area contributed by atoms with E-state index in [1.165, 1.54) is 0 Å². The van der Waals surface area contributed by atoms with Crippen LogP contribution in [0.4, 0.5) is 5.69 Å². The molecule has 0 aliphatic heterocycles. The molecule has 3 aromatic carbocycles. The minimum atomic E-state index is -0.922. The van der Waals surface area contributed by atoms with Crippen molar-refractivity contribution in [2.45, 2.75) is 19.2 Å². The summed E-state index contributed by atoms with van der Waals surface area (Å²) in [5.74, 6) is 0. The van der Waals surface area contributed by atoms with E-state index >= 15 is 0 Å². The molecule has 34 heavy (non-hydrogen) atoms. The Morgan fingerprint density at radius 1 is 0.971 bits per heavy atom. The minimum Gasteiger partial charge on any atom is -0.387 e. The summed E-state index contributed by atoms with van der Waals surface area (Å²) in [5, 5.41) is 27.7. The standard InChI is InChI=1S/C24H21Cl3N6O/c25-16-7-9-21-22(11-16)32(13-18(31-29)12-30-17-4-2-1-3-5-17)24(28)33(21)14-23(34)15-6-8-19(26)20(27)10-15/h1-12,23,28-30,34H,13-14H2/b18-12-,28-24?,31-29?. The molecule has 7 nitrogen and oxygen atoms in total. The van der Waals surface area contributed by atoms with Gasteiger partial charge in [-0.2, -0.15) is 5.11 Å². The molecule has 0 radical (unpaired) electrons. The monoisotopic (exact) mass is 514 g/mol. The number of aliphatic hydroxyl groups excluding tert-OH is 1. The van der Waals surface area contributed by atoms with Gasteiger partial charge in [0, 0.05) is 16.9 Å². The molecule has 4 aromatic rings. The van der Waals surface area contributed by atoms with Crippen molar-refractivity contribution in [1.29, 1.82) is 10.9 Å². The van der Waals surface area contributed by atoms with Crippen LogP contribution in [0.5, 0.6) is 0 Å². The lowest BCUT2D eigenvalue weighted by atomic mass is 10.1. The van der Waals surface area contributed by atoms with Gasteiger partial charge in [-0.1, -0.05) is 59.1 Å². The number of nitrogens with one attached hydrogen (secondary N) is 3. The van der Waals surface area contributed by atoms with E-state index in [0.29, 0.717) is 37.4 Å². The molecule has 0 saturated heterocycles. The van der Waals surface area contributed by atoms with Crippen LogP contribution in [0.3, 0.4) is 0 Å². The Labute approximate surface area is 210 Å².